The first-order valence-corrected chi connectivity index (χ1v) is 8.18. The van der Waals surface area contributed by atoms with Gasteiger partial charge in [-0.15, -0.1) is 0 Å². The van der Waals surface area contributed by atoms with Crippen LogP contribution in [0.4, 0.5) is 26.1 Å². The van der Waals surface area contributed by atoms with Gasteiger partial charge in [-0.1, -0.05) is 6.92 Å². The van der Waals surface area contributed by atoms with E-state index in [0.717, 1.165) is 11.1 Å². The molecule has 140 valence electrons. The zero-order chi connectivity index (χ0) is 19.7. The lowest BCUT2D eigenvalue weighted by Crippen LogP contribution is -2.15. The summed E-state index contributed by atoms with van der Waals surface area (Å²) >= 11 is 0. The van der Waals surface area contributed by atoms with Crippen molar-refractivity contribution in [1.82, 2.24) is 14.5 Å². The Hall–Kier alpha value is -3.41. The summed E-state index contributed by atoms with van der Waals surface area (Å²) in [6.07, 6.45) is 2.23. The Morgan fingerprint density at radius 3 is 2.74 bits per heavy atom. The molecule has 3 aromatic rings. The number of hydrogen-bond donors (Lipinski definition) is 1. The third-order valence-electron chi connectivity index (χ3n) is 4.33. The van der Waals surface area contributed by atoms with Crippen molar-refractivity contribution in [2.24, 2.45) is 7.05 Å². The molecule has 0 aliphatic carbocycles. The van der Waals surface area contributed by atoms with Gasteiger partial charge in [0.25, 0.3) is 0 Å². The van der Waals surface area contributed by atoms with Crippen LogP contribution in [-0.4, -0.2) is 28.2 Å². The lowest BCUT2D eigenvalue weighted by Gasteiger charge is -2.23. The number of imidazole rings is 1. The van der Waals surface area contributed by atoms with E-state index in [0.29, 0.717) is 23.4 Å². The van der Waals surface area contributed by atoms with Gasteiger partial charge >= 0.3 is 6.61 Å². The van der Waals surface area contributed by atoms with Gasteiger partial charge in [-0.05, 0) is 18.1 Å². The highest BCUT2D eigenvalue weighted by atomic mass is 19.3. The Morgan fingerprint density at radius 2 is 2.11 bits per heavy atom. The summed E-state index contributed by atoms with van der Waals surface area (Å²) in [4.78, 5) is 10.3. The van der Waals surface area contributed by atoms with E-state index in [1.54, 1.807) is 24.3 Å². The van der Waals surface area contributed by atoms with E-state index in [1.807, 2.05) is 30.7 Å². The van der Waals surface area contributed by atoms with Crippen molar-refractivity contribution in [2.75, 3.05) is 17.7 Å². The monoisotopic (exact) mass is 372 g/mol. The molecule has 0 spiro atoms. The number of pyridine rings is 1. The largest absolute Gasteiger partial charge is 0.433 e. The summed E-state index contributed by atoms with van der Waals surface area (Å²) in [5.41, 5.74) is 8.84. The molecule has 0 unspecified atom stereocenters. The molecule has 9 heteroatoms. The molecule has 2 aromatic heterocycles. The van der Waals surface area contributed by atoms with Crippen molar-refractivity contribution in [2.45, 2.75) is 20.0 Å². The fraction of sp³-hybridized carbons (Fsp3) is 0.278. The van der Waals surface area contributed by atoms with Crippen LogP contribution in [0.2, 0.25) is 0 Å². The quantitative estimate of drug-likeness (QED) is 0.738. The number of benzene rings is 1. The van der Waals surface area contributed by atoms with Crippen LogP contribution in [0.25, 0.3) is 11.0 Å². The Kier molecular flexibility index (Phi) is 4.81. The standard InChI is InChI=1S/C18H18F2N6O/c1-4-10-5-11(8-21)14(27-18(19)20)6-12(10)26(3)15-7-13-16(17(22)24-15)23-9-25(13)2/h5-7,9,18H,4H2,1-3H3,(H2,22,24). The molecule has 0 amide bonds. The highest BCUT2D eigenvalue weighted by Gasteiger charge is 2.19. The smallest absolute Gasteiger partial charge is 0.387 e. The fourth-order valence-electron chi connectivity index (χ4n) is 2.92. The molecular weight excluding hydrogens is 354 g/mol. The molecule has 7 nitrogen and oxygen atoms in total. The maximum Gasteiger partial charge on any atom is 0.387 e. The lowest BCUT2D eigenvalue weighted by molar-refractivity contribution is -0.0500. The van der Waals surface area contributed by atoms with E-state index in [-0.39, 0.29) is 17.1 Å². The average Bonchev–Trinajstić information content (AvgIpc) is 3.02. The van der Waals surface area contributed by atoms with E-state index in [1.165, 1.54) is 6.07 Å². The Morgan fingerprint density at radius 1 is 1.37 bits per heavy atom. The number of hydrogen-bond acceptors (Lipinski definition) is 6. The number of alkyl halides is 2. The summed E-state index contributed by atoms with van der Waals surface area (Å²) in [7, 11) is 3.59. The third kappa shape index (κ3) is 3.33. The first-order valence-electron chi connectivity index (χ1n) is 8.18. The summed E-state index contributed by atoms with van der Waals surface area (Å²) in [6.45, 7) is -1.12. The second kappa shape index (κ2) is 7.07. The first kappa shape index (κ1) is 18.4. The first-order chi connectivity index (χ1) is 12.8. The number of halogens is 2. The fourth-order valence-corrected chi connectivity index (χ4v) is 2.92. The molecule has 0 aliphatic heterocycles. The van der Waals surface area contributed by atoms with Crippen molar-refractivity contribution < 1.29 is 13.5 Å². The number of nitrogens with zero attached hydrogens (tertiary/aromatic N) is 5. The maximum atomic E-state index is 12.7. The number of nitriles is 1. The average molecular weight is 372 g/mol. The summed E-state index contributed by atoms with van der Waals surface area (Å²) < 4.78 is 31.8. The van der Waals surface area contributed by atoms with Crippen LogP contribution in [0, 0.1) is 11.3 Å². The summed E-state index contributed by atoms with van der Waals surface area (Å²) in [5.74, 6) is 0.609. The number of aromatic nitrogens is 3. The normalized spacial score (nSPS) is 11.0. The van der Waals surface area contributed by atoms with E-state index >= 15 is 0 Å². The highest BCUT2D eigenvalue weighted by molar-refractivity contribution is 5.88. The SMILES string of the molecule is CCc1cc(C#N)c(OC(F)F)cc1N(C)c1cc2c(ncn2C)c(N)n1. The third-order valence-corrected chi connectivity index (χ3v) is 4.33. The van der Waals surface area contributed by atoms with E-state index in [9.17, 15) is 14.0 Å². The molecule has 3 rings (SSSR count). The molecule has 0 atom stereocenters. The van der Waals surface area contributed by atoms with Crippen molar-refractivity contribution in [3.63, 3.8) is 0 Å². The molecule has 2 N–H and O–H groups in total. The van der Waals surface area contributed by atoms with Crippen molar-refractivity contribution >= 4 is 28.4 Å². The van der Waals surface area contributed by atoms with E-state index < -0.39 is 6.61 Å². The minimum Gasteiger partial charge on any atom is -0.433 e. The predicted octanol–water partition coefficient (Wildman–Crippen LogP) is 3.35. The number of aryl methyl sites for hydroxylation is 2. The number of fused-ring (bicyclic) bond motifs is 1. The topological polar surface area (TPSA) is 93.0 Å². The summed E-state index contributed by atoms with van der Waals surface area (Å²) in [6, 6.07) is 6.68. The molecular formula is C18H18F2N6O. The predicted molar refractivity (Wildman–Crippen MR) is 98.2 cm³/mol. The molecule has 1 aromatic carbocycles. The molecule has 0 fully saturated rings. The van der Waals surface area contributed by atoms with Crippen LogP contribution in [0.5, 0.6) is 5.75 Å². The minimum absolute atomic E-state index is 0.0545. The number of anilines is 3. The molecule has 0 bridgehead atoms. The van der Waals surface area contributed by atoms with E-state index in [2.05, 4.69) is 14.7 Å². The van der Waals surface area contributed by atoms with Crippen LogP contribution >= 0.6 is 0 Å². The van der Waals surface area contributed by atoms with Crippen LogP contribution in [0.15, 0.2) is 24.5 Å². The van der Waals surface area contributed by atoms with Crippen molar-refractivity contribution in [3.05, 3.63) is 35.7 Å². The number of nitrogen functional groups attached to an aromatic ring is 1. The zero-order valence-corrected chi connectivity index (χ0v) is 15.1. The second-order valence-corrected chi connectivity index (χ2v) is 5.97. The Labute approximate surface area is 154 Å². The summed E-state index contributed by atoms with van der Waals surface area (Å²) in [5, 5.41) is 9.23. The van der Waals surface area contributed by atoms with Gasteiger partial charge in [0.15, 0.2) is 5.82 Å². The van der Waals surface area contributed by atoms with Gasteiger partial charge in [0.05, 0.1) is 17.4 Å². The van der Waals surface area contributed by atoms with Crippen molar-refractivity contribution in [3.8, 4) is 11.8 Å². The Balaban J connectivity index is 2.14. The number of nitrogens with two attached hydrogens (primary N) is 1. The van der Waals surface area contributed by atoms with Crippen molar-refractivity contribution in [1.29, 1.82) is 5.26 Å². The zero-order valence-electron chi connectivity index (χ0n) is 15.1. The van der Waals surface area contributed by atoms with Gasteiger partial charge in [-0.25, -0.2) is 9.97 Å². The lowest BCUT2D eigenvalue weighted by atomic mass is 10.0. The molecule has 0 saturated heterocycles. The van der Waals surface area contributed by atoms with Crippen LogP contribution in [-0.2, 0) is 13.5 Å². The number of ether oxygens (including phenoxy) is 1. The molecule has 0 radical (unpaired) electrons. The van der Waals surface area contributed by atoms with Gasteiger partial charge < -0.3 is 19.9 Å². The van der Waals surface area contributed by atoms with Gasteiger partial charge in [0.2, 0.25) is 0 Å². The Bertz CT molecular complexity index is 1040. The van der Waals surface area contributed by atoms with Crippen LogP contribution in [0.3, 0.4) is 0 Å². The highest BCUT2D eigenvalue weighted by Crippen LogP contribution is 2.35. The molecule has 0 aliphatic rings. The molecule has 0 saturated carbocycles. The van der Waals surface area contributed by atoms with Gasteiger partial charge in [-0.2, -0.15) is 14.0 Å². The van der Waals surface area contributed by atoms with Gasteiger partial charge in [0.1, 0.15) is 23.2 Å². The van der Waals surface area contributed by atoms with Crippen LogP contribution < -0.4 is 15.4 Å². The molecule has 2 heterocycles. The maximum absolute atomic E-state index is 12.7. The molecule has 27 heavy (non-hydrogen) atoms. The second-order valence-electron chi connectivity index (χ2n) is 5.97. The van der Waals surface area contributed by atoms with E-state index in [4.69, 9.17) is 5.73 Å². The van der Waals surface area contributed by atoms with Gasteiger partial charge in [0, 0.05) is 31.9 Å². The number of rotatable bonds is 5. The van der Waals surface area contributed by atoms with Gasteiger partial charge in [-0.3, -0.25) is 0 Å². The minimum atomic E-state index is -3.03. The van der Waals surface area contributed by atoms with Crippen LogP contribution in [0.1, 0.15) is 18.1 Å².